The van der Waals surface area contributed by atoms with Gasteiger partial charge >= 0.3 is 0 Å². The van der Waals surface area contributed by atoms with Crippen molar-refractivity contribution in [1.29, 1.82) is 0 Å². The second kappa shape index (κ2) is 3.73. The lowest BCUT2D eigenvalue weighted by Gasteiger charge is -2.18. The molecule has 17 heavy (non-hydrogen) atoms. The van der Waals surface area contributed by atoms with Crippen molar-refractivity contribution < 1.29 is 0 Å². The Bertz CT molecular complexity index is 553. The molecular weight excluding hydrogens is 212 g/mol. The van der Waals surface area contributed by atoms with Gasteiger partial charge in [0.1, 0.15) is 5.82 Å². The SMILES string of the molecule is CC1CN(c2ccnc(N)n2)c2ccccc21. The van der Waals surface area contributed by atoms with Crippen molar-refractivity contribution in [2.24, 2.45) is 0 Å². The van der Waals surface area contributed by atoms with Crippen LogP contribution in [0, 0.1) is 0 Å². The first kappa shape index (κ1) is 10.1. The maximum atomic E-state index is 5.63. The number of hydrogen-bond acceptors (Lipinski definition) is 4. The molecule has 1 aromatic carbocycles. The van der Waals surface area contributed by atoms with Crippen LogP contribution in [0.25, 0.3) is 0 Å². The molecule has 0 spiro atoms. The second-order valence-electron chi connectivity index (χ2n) is 4.34. The molecule has 2 N–H and O–H groups in total. The molecule has 1 aromatic heterocycles. The predicted octanol–water partition coefficient (Wildman–Crippen LogP) is 2.31. The number of para-hydroxylation sites is 1. The molecule has 4 nitrogen and oxygen atoms in total. The molecular formula is C13H14N4. The zero-order valence-electron chi connectivity index (χ0n) is 9.67. The van der Waals surface area contributed by atoms with Gasteiger partial charge in [-0.05, 0) is 17.7 Å². The van der Waals surface area contributed by atoms with E-state index < -0.39 is 0 Å². The van der Waals surface area contributed by atoms with Crippen LogP contribution in [0.1, 0.15) is 18.4 Å². The van der Waals surface area contributed by atoms with Crippen LogP contribution in [0.5, 0.6) is 0 Å². The summed E-state index contributed by atoms with van der Waals surface area (Å²) in [5.41, 5.74) is 8.22. The van der Waals surface area contributed by atoms with E-state index in [2.05, 4.69) is 46.1 Å². The van der Waals surface area contributed by atoms with E-state index in [4.69, 9.17) is 5.73 Å². The van der Waals surface area contributed by atoms with Gasteiger partial charge in [-0.1, -0.05) is 25.1 Å². The van der Waals surface area contributed by atoms with E-state index in [-0.39, 0.29) is 0 Å². The minimum atomic E-state index is 0.319. The van der Waals surface area contributed by atoms with Gasteiger partial charge < -0.3 is 10.6 Å². The molecule has 86 valence electrons. The Kier molecular flexibility index (Phi) is 2.21. The molecule has 0 radical (unpaired) electrons. The van der Waals surface area contributed by atoms with E-state index in [0.717, 1.165) is 12.4 Å². The number of nitrogens with two attached hydrogens (primary N) is 1. The maximum Gasteiger partial charge on any atom is 0.221 e. The van der Waals surface area contributed by atoms with Crippen molar-refractivity contribution in [2.75, 3.05) is 17.2 Å². The molecule has 2 aromatic rings. The predicted molar refractivity (Wildman–Crippen MR) is 68.3 cm³/mol. The number of aromatic nitrogens is 2. The van der Waals surface area contributed by atoms with Crippen LogP contribution in [0.3, 0.4) is 0 Å². The minimum absolute atomic E-state index is 0.319. The monoisotopic (exact) mass is 226 g/mol. The fraction of sp³-hybridized carbons (Fsp3) is 0.231. The lowest BCUT2D eigenvalue weighted by Crippen LogP contribution is -2.16. The summed E-state index contributed by atoms with van der Waals surface area (Å²) in [5.74, 6) is 1.70. The lowest BCUT2D eigenvalue weighted by atomic mass is 10.0. The molecule has 3 rings (SSSR count). The van der Waals surface area contributed by atoms with Gasteiger partial charge in [-0.15, -0.1) is 0 Å². The first-order valence-corrected chi connectivity index (χ1v) is 5.70. The van der Waals surface area contributed by atoms with E-state index >= 15 is 0 Å². The van der Waals surface area contributed by atoms with Gasteiger partial charge in [0, 0.05) is 24.3 Å². The summed E-state index contributed by atoms with van der Waals surface area (Å²) in [6.45, 7) is 3.17. The summed E-state index contributed by atoms with van der Waals surface area (Å²) in [5, 5.41) is 0. The van der Waals surface area contributed by atoms with Gasteiger partial charge in [-0.2, -0.15) is 4.98 Å². The Morgan fingerprint density at radius 3 is 2.94 bits per heavy atom. The van der Waals surface area contributed by atoms with E-state index in [1.807, 2.05) is 6.07 Å². The summed E-state index contributed by atoms with van der Waals surface area (Å²) in [6, 6.07) is 10.3. The van der Waals surface area contributed by atoms with Gasteiger partial charge in [0.2, 0.25) is 5.95 Å². The zero-order chi connectivity index (χ0) is 11.8. The van der Waals surface area contributed by atoms with Crippen LogP contribution >= 0.6 is 0 Å². The number of fused-ring (bicyclic) bond motifs is 1. The van der Waals surface area contributed by atoms with Crippen molar-refractivity contribution in [3.63, 3.8) is 0 Å². The highest BCUT2D eigenvalue weighted by molar-refractivity contribution is 5.69. The molecule has 0 fully saturated rings. The minimum Gasteiger partial charge on any atom is -0.368 e. The number of rotatable bonds is 1. The van der Waals surface area contributed by atoms with E-state index in [1.165, 1.54) is 11.3 Å². The smallest absolute Gasteiger partial charge is 0.221 e. The van der Waals surface area contributed by atoms with Crippen molar-refractivity contribution >= 4 is 17.5 Å². The van der Waals surface area contributed by atoms with Crippen molar-refractivity contribution in [1.82, 2.24) is 9.97 Å². The Hall–Kier alpha value is -2.10. The molecule has 1 aliphatic rings. The summed E-state index contributed by atoms with van der Waals surface area (Å²) < 4.78 is 0. The summed E-state index contributed by atoms with van der Waals surface area (Å²) in [7, 11) is 0. The molecule has 1 atom stereocenters. The molecule has 0 aliphatic carbocycles. The number of nitrogens with zero attached hydrogens (tertiary/aromatic N) is 3. The Morgan fingerprint density at radius 1 is 1.29 bits per heavy atom. The molecule has 0 amide bonds. The maximum absolute atomic E-state index is 5.63. The quantitative estimate of drug-likeness (QED) is 0.810. The molecule has 0 saturated carbocycles. The van der Waals surface area contributed by atoms with Gasteiger partial charge in [0.15, 0.2) is 0 Å². The fourth-order valence-electron chi connectivity index (χ4n) is 2.35. The van der Waals surface area contributed by atoms with Crippen LogP contribution in [-0.2, 0) is 0 Å². The number of anilines is 3. The van der Waals surface area contributed by atoms with Crippen LogP contribution in [0.15, 0.2) is 36.5 Å². The van der Waals surface area contributed by atoms with Gasteiger partial charge in [0.05, 0.1) is 0 Å². The van der Waals surface area contributed by atoms with Crippen molar-refractivity contribution in [2.45, 2.75) is 12.8 Å². The fourth-order valence-corrected chi connectivity index (χ4v) is 2.35. The standard InChI is InChI=1S/C13H14N4/c1-9-8-17(11-5-3-2-4-10(9)11)12-6-7-15-13(14)16-12/h2-7,9H,8H2,1H3,(H2,14,15,16). The first-order valence-electron chi connectivity index (χ1n) is 5.70. The normalized spacial score (nSPS) is 18.2. The molecule has 4 heteroatoms. The average molecular weight is 226 g/mol. The first-order chi connectivity index (χ1) is 8.25. The van der Waals surface area contributed by atoms with Crippen LogP contribution in [0.4, 0.5) is 17.5 Å². The topological polar surface area (TPSA) is 55.0 Å². The molecule has 1 aliphatic heterocycles. The highest BCUT2D eigenvalue weighted by Gasteiger charge is 2.26. The van der Waals surface area contributed by atoms with Crippen molar-refractivity contribution in [3.05, 3.63) is 42.1 Å². The van der Waals surface area contributed by atoms with Crippen molar-refractivity contribution in [3.8, 4) is 0 Å². The lowest BCUT2D eigenvalue weighted by molar-refractivity contribution is 0.807. The zero-order valence-corrected chi connectivity index (χ0v) is 9.67. The average Bonchev–Trinajstić information content (AvgIpc) is 2.68. The Labute approximate surface area is 100 Å². The number of hydrogen-bond donors (Lipinski definition) is 1. The summed E-state index contributed by atoms with van der Waals surface area (Å²) in [6.07, 6.45) is 1.70. The third-order valence-corrected chi connectivity index (χ3v) is 3.15. The third kappa shape index (κ3) is 1.62. The van der Waals surface area contributed by atoms with Gasteiger partial charge in [-0.3, -0.25) is 0 Å². The van der Waals surface area contributed by atoms with Gasteiger partial charge in [-0.25, -0.2) is 4.98 Å². The molecule has 1 unspecified atom stereocenters. The third-order valence-electron chi connectivity index (χ3n) is 3.15. The van der Waals surface area contributed by atoms with E-state index in [0.29, 0.717) is 11.9 Å². The summed E-state index contributed by atoms with van der Waals surface area (Å²) in [4.78, 5) is 10.4. The molecule has 0 bridgehead atoms. The highest BCUT2D eigenvalue weighted by Crippen LogP contribution is 2.39. The Morgan fingerprint density at radius 2 is 2.12 bits per heavy atom. The van der Waals surface area contributed by atoms with Crippen LogP contribution in [0.2, 0.25) is 0 Å². The Balaban J connectivity index is 2.07. The van der Waals surface area contributed by atoms with Gasteiger partial charge in [0.25, 0.3) is 0 Å². The van der Waals surface area contributed by atoms with E-state index in [9.17, 15) is 0 Å². The summed E-state index contributed by atoms with van der Waals surface area (Å²) >= 11 is 0. The largest absolute Gasteiger partial charge is 0.368 e. The van der Waals surface area contributed by atoms with E-state index in [1.54, 1.807) is 6.20 Å². The second-order valence-corrected chi connectivity index (χ2v) is 4.34. The number of benzene rings is 1. The van der Waals surface area contributed by atoms with Crippen LogP contribution < -0.4 is 10.6 Å². The molecule has 0 saturated heterocycles. The highest BCUT2D eigenvalue weighted by atomic mass is 15.2. The molecule has 2 heterocycles. The van der Waals surface area contributed by atoms with Crippen LogP contribution in [-0.4, -0.2) is 16.5 Å². The number of nitrogen functional groups attached to an aromatic ring is 1.